The summed E-state index contributed by atoms with van der Waals surface area (Å²) in [7, 11) is -1.89. The molecule has 1 heterocycles. The van der Waals surface area contributed by atoms with Crippen molar-refractivity contribution in [3.05, 3.63) is 22.7 Å². The molecule has 8 nitrogen and oxygen atoms in total. The molecule has 1 aromatic rings. The van der Waals surface area contributed by atoms with Gasteiger partial charge in [0, 0.05) is 11.6 Å². The fourth-order valence-electron chi connectivity index (χ4n) is 2.63. The van der Waals surface area contributed by atoms with Gasteiger partial charge in [-0.05, 0) is 25.0 Å². The van der Waals surface area contributed by atoms with Crippen molar-refractivity contribution < 1.29 is 32.6 Å². The van der Waals surface area contributed by atoms with Gasteiger partial charge in [-0.2, -0.15) is 4.31 Å². The van der Waals surface area contributed by atoms with Gasteiger partial charge in [-0.1, -0.05) is 11.6 Å². The van der Waals surface area contributed by atoms with E-state index in [0.717, 1.165) is 17.5 Å². The summed E-state index contributed by atoms with van der Waals surface area (Å²) in [5.74, 6) is -2.28. The first-order chi connectivity index (χ1) is 11.2. The quantitative estimate of drug-likeness (QED) is 0.771. The van der Waals surface area contributed by atoms with Crippen molar-refractivity contribution in [2.45, 2.75) is 23.8 Å². The third-order valence-electron chi connectivity index (χ3n) is 3.70. The van der Waals surface area contributed by atoms with Crippen molar-refractivity contribution in [2.24, 2.45) is 0 Å². The molecule has 1 atom stereocenters. The van der Waals surface area contributed by atoms with Gasteiger partial charge >= 0.3 is 11.9 Å². The van der Waals surface area contributed by atoms with E-state index in [9.17, 15) is 23.1 Å². The summed E-state index contributed by atoms with van der Waals surface area (Å²) >= 11 is 5.93. The number of carbonyl (C=O) groups is 2. The molecule has 1 aliphatic heterocycles. The second-order valence-electron chi connectivity index (χ2n) is 5.09. The third-order valence-corrected chi connectivity index (χ3v) is 5.84. The Morgan fingerprint density at radius 1 is 1.33 bits per heavy atom. The Labute approximate surface area is 144 Å². The van der Waals surface area contributed by atoms with Crippen LogP contribution in [0.3, 0.4) is 0 Å². The lowest BCUT2D eigenvalue weighted by molar-refractivity contribution is -0.140. The van der Waals surface area contributed by atoms with Crippen molar-refractivity contribution in [1.82, 2.24) is 4.31 Å². The highest BCUT2D eigenvalue weighted by molar-refractivity contribution is 7.89. The zero-order chi connectivity index (χ0) is 18.1. The molecule has 0 aromatic heterocycles. The number of carbonyl (C=O) groups excluding carboxylic acids is 1. The van der Waals surface area contributed by atoms with Crippen LogP contribution in [0.1, 0.15) is 23.2 Å². The molecule has 1 N–H and O–H groups in total. The van der Waals surface area contributed by atoms with Crippen LogP contribution in [0.15, 0.2) is 17.0 Å². The number of halogens is 1. The van der Waals surface area contributed by atoms with Gasteiger partial charge in [0.2, 0.25) is 10.0 Å². The highest BCUT2D eigenvalue weighted by atomic mass is 35.5. The molecule has 1 aliphatic rings. The largest absolute Gasteiger partial charge is 0.494 e. The number of ether oxygens (including phenoxy) is 2. The summed E-state index contributed by atoms with van der Waals surface area (Å²) < 4.78 is 36.4. The Morgan fingerprint density at radius 3 is 2.54 bits per heavy atom. The molecule has 0 radical (unpaired) electrons. The molecule has 1 aromatic carbocycles. The van der Waals surface area contributed by atoms with Crippen LogP contribution in [0.5, 0.6) is 5.75 Å². The molecule has 0 unspecified atom stereocenters. The number of rotatable bonds is 5. The Bertz CT molecular complexity index is 778. The number of esters is 1. The van der Waals surface area contributed by atoms with Crippen LogP contribution in [0.25, 0.3) is 0 Å². The van der Waals surface area contributed by atoms with Crippen LogP contribution in [-0.4, -0.2) is 56.6 Å². The normalized spacial score (nSPS) is 18.4. The maximum absolute atomic E-state index is 12.9. The van der Waals surface area contributed by atoms with Crippen molar-refractivity contribution in [1.29, 1.82) is 0 Å². The number of aliphatic carboxylic acids is 1. The summed E-state index contributed by atoms with van der Waals surface area (Å²) in [6.07, 6.45) is 0.629. The number of hydrogen-bond acceptors (Lipinski definition) is 6. The number of carboxylic acid groups (broad SMARTS) is 1. The molecular formula is C14H16ClNO7S. The van der Waals surface area contributed by atoms with Crippen LogP contribution in [-0.2, 0) is 19.6 Å². The standard InChI is InChI=1S/C14H16ClNO7S/c1-22-12-9(14(19)23-2)6-8(15)7-11(12)24(20,21)16-5-3-4-10(16)13(17)18/h6-7,10H,3-5H2,1-2H3,(H,17,18)/t10-/m1/s1. The molecule has 1 fully saturated rings. The van der Waals surface area contributed by atoms with Gasteiger partial charge in [0.05, 0.1) is 14.2 Å². The summed E-state index contributed by atoms with van der Waals surface area (Å²) in [6.45, 7) is 0.0581. The molecule has 0 spiro atoms. The van der Waals surface area contributed by atoms with Crippen LogP contribution in [0.2, 0.25) is 5.02 Å². The van der Waals surface area contributed by atoms with E-state index in [-0.39, 0.29) is 34.2 Å². The fraction of sp³-hybridized carbons (Fsp3) is 0.429. The average molecular weight is 378 g/mol. The minimum Gasteiger partial charge on any atom is -0.494 e. The molecule has 0 bridgehead atoms. The first kappa shape index (κ1) is 18.5. The smallest absolute Gasteiger partial charge is 0.341 e. The van der Waals surface area contributed by atoms with E-state index in [1.165, 1.54) is 13.2 Å². The van der Waals surface area contributed by atoms with E-state index in [1.54, 1.807) is 0 Å². The van der Waals surface area contributed by atoms with Crippen LogP contribution in [0, 0.1) is 0 Å². The molecule has 0 amide bonds. The SMILES string of the molecule is COC(=O)c1cc(Cl)cc(S(=O)(=O)N2CCC[C@@H]2C(=O)O)c1OC. The molecular weight excluding hydrogens is 362 g/mol. The van der Waals surface area contributed by atoms with Crippen LogP contribution in [0.4, 0.5) is 0 Å². The minimum absolute atomic E-state index is 0.0131. The Hall–Kier alpha value is -1.84. The van der Waals surface area contributed by atoms with Crippen molar-refractivity contribution >= 4 is 33.6 Å². The Morgan fingerprint density at radius 2 is 2.00 bits per heavy atom. The fourth-order valence-corrected chi connectivity index (χ4v) is 4.77. The second-order valence-corrected chi connectivity index (χ2v) is 7.38. The maximum Gasteiger partial charge on any atom is 0.341 e. The molecule has 0 saturated carbocycles. The minimum atomic E-state index is -4.23. The van der Waals surface area contributed by atoms with Gasteiger partial charge < -0.3 is 14.6 Å². The Balaban J connectivity index is 2.64. The van der Waals surface area contributed by atoms with Crippen molar-refractivity contribution in [2.75, 3.05) is 20.8 Å². The predicted molar refractivity (Wildman–Crippen MR) is 83.9 cm³/mol. The molecule has 132 valence electrons. The van der Waals surface area contributed by atoms with Gasteiger partial charge in [-0.3, -0.25) is 4.79 Å². The van der Waals surface area contributed by atoms with Gasteiger partial charge in [0.1, 0.15) is 16.5 Å². The van der Waals surface area contributed by atoms with E-state index < -0.39 is 28.0 Å². The van der Waals surface area contributed by atoms with Gasteiger partial charge in [-0.25, -0.2) is 13.2 Å². The summed E-state index contributed by atoms with van der Waals surface area (Å²) in [5, 5.41) is 9.21. The highest BCUT2D eigenvalue weighted by Crippen LogP contribution is 2.36. The average Bonchev–Trinajstić information content (AvgIpc) is 3.04. The van der Waals surface area contributed by atoms with Crippen molar-refractivity contribution in [3.8, 4) is 5.75 Å². The van der Waals surface area contributed by atoms with E-state index in [2.05, 4.69) is 4.74 Å². The topological polar surface area (TPSA) is 110 Å². The number of hydrogen-bond donors (Lipinski definition) is 1. The Kier molecular flexibility index (Phi) is 5.36. The van der Waals surface area contributed by atoms with E-state index in [4.69, 9.17) is 16.3 Å². The van der Waals surface area contributed by atoms with E-state index >= 15 is 0 Å². The summed E-state index contributed by atoms with van der Waals surface area (Å²) in [4.78, 5) is 22.8. The molecule has 2 rings (SSSR count). The number of methoxy groups -OCH3 is 2. The second kappa shape index (κ2) is 6.96. The van der Waals surface area contributed by atoms with Gasteiger partial charge in [0.15, 0.2) is 5.75 Å². The zero-order valence-electron chi connectivity index (χ0n) is 13.0. The zero-order valence-corrected chi connectivity index (χ0v) is 14.6. The number of sulfonamides is 1. The lowest BCUT2D eigenvalue weighted by atomic mass is 10.2. The molecule has 24 heavy (non-hydrogen) atoms. The van der Waals surface area contributed by atoms with Gasteiger partial charge in [0.25, 0.3) is 0 Å². The first-order valence-corrected chi connectivity index (χ1v) is 8.76. The molecule has 0 aliphatic carbocycles. The number of carboxylic acids is 1. The van der Waals surface area contributed by atoms with Gasteiger partial charge in [-0.15, -0.1) is 0 Å². The van der Waals surface area contributed by atoms with Crippen LogP contribution >= 0.6 is 11.6 Å². The number of benzene rings is 1. The summed E-state index contributed by atoms with van der Waals surface area (Å²) in [5.41, 5.74) is -0.155. The monoisotopic (exact) mass is 377 g/mol. The molecule has 1 saturated heterocycles. The number of nitrogens with zero attached hydrogens (tertiary/aromatic N) is 1. The molecule has 10 heteroatoms. The maximum atomic E-state index is 12.9. The lowest BCUT2D eigenvalue weighted by Gasteiger charge is -2.23. The van der Waals surface area contributed by atoms with Crippen molar-refractivity contribution in [3.63, 3.8) is 0 Å². The lowest BCUT2D eigenvalue weighted by Crippen LogP contribution is -2.40. The van der Waals surface area contributed by atoms with E-state index in [1.807, 2.05) is 0 Å². The third kappa shape index (κ3) is 3.19. The highest BCUT2D eigenvalue weighted by Gasteiger charge is 2.41. The van der Waals surface area contributed by atoms with Crippen LogP contribution < -0.4 is 4.74 Å². The van der Waals surface area contributed by atoms with E-state index in [0.29, 0.717) is 6.42 Å². The first-order valence-electron chi connectivity index (χ1n) is 6.94. The predicted octanol–water partition coefficient (Wildman–Crippen LogP) is 1.37. The summed E-state index contributed by atoms with van der Waals surface area (Å²) in [6, 6.07) is 1.18.